The Labute approximate surface area is 111 Å². The Balaban J connectivity index is 2.08. The van der Waals surface area contributed by atoms with Gasteiger partial charge in [0.25, 0.3) is 0 Å². The van der Waals surface area contributed by atoms with Crippen LogP contribution in [0.1, 0.15) is 6.92 Å². The predicted octanol–water partition coefficient (Wildman–Crippen LogP) is 2.01. The Hall–Kier alpha value is -1.56. The molecule has 0 aliphatic carbocycles. The smallest absolute Gasteiger partial charge is 0.387 e. The Kier molecular flexibility index (Phi) is 4.42. The van der Waals surface area contributed by atoms with Gasteiger partial charge in [0.2, 0.25) is 0 Å². The molecule has 2 rings (SSSR count). The molecular formula is C13H19F2N3O. The Morgan fingerprint density at radius 3 is 2.53 bits per heavy atom. The van der Waals surface area contributed by atoms with E-state index in [0.717, 1.165) is 38.4 Å². The first kappa shape index (κ1) is 13.9. The molecule has 1 heterocycles. The van der Waals surface area contributed by atoms with Crippen molar-refractivity contribution in [2.45, 2.75) is 13.5 Å². The molecule has 0 aromatic heterocycles. The number of nitrogens with zero attached hydrogens (tertiary/aromatic N) is 2. The van der Waals surface area contributed by atoms with Gasteiger partial charge in [0.1, 0.15) is 0 Å². The zero-order chi connectivity index (χ0) is 13.8. The van der Waals surface area contributed by atoms with Crippen LogP contribution in [-0.2, 0) is 0 Å². The van der Waals surface area contributed by atoms with E-state index in [1.54, 1.807) is 12.1 Å². The van der Waals surface area contributed by atoms with Gasteiger partial charge in [-0.3, -0.25) is 0 Å². The molecule has 0 atom stereocenters. The first-order chi connectivity index (χ1) is 9.10. The van der Waals surface area contributed by atoms with Crippen molar-refractivity contribution in [1.29, 1.82) is 0 Å². The van der Waals surface area contributed by atoms with Crippen LogP contribution in [0.2, 0.25) is 0 Å². The largest absolute Gasteiger partial charge is 0.433 e. The lowest BCUT2D eigenvalue weighted by atomic mass is 10.2. The highest BCUT2D eigenvalue weighted by molar-refractivity contribution is 5.62. The second-order valence-electron chi connectivity index (χ2n) is 4.52. The van der Waals surface area contributed by atoms with Crippen LogP contribution in [0.3, 0.4) is 0 Å². The summed E-state index contributed by atoms with van der Waals surface area (Å²) >= 11 is 0. The van der Waals surface area contributed by atoms with E-state index in [4.69, 9.17) is 5.73 Å². The molecule has 0 radical (unpaired) electrons. The monoisotopic (exact) mass is 271 g/mol. The van der Waals surface area contributed by atoms with E-state index in [2.05, 4.69) is 21.5 Å². The van der Waals surface area contributed by atoms with Gasteiger partial charge in [-0.05, 0) is 18.7 Å². The number of nitrogens with two attached hydrogens (primary N) is 1. The molecular weight excluding hydrogens is 252 g/mol. The highest BCUT2D eigenvalue weighted by Crippen LogP contribution is 2.29. The molecule has 6 heteroatoms. The minimum absolute atomic E-state index is 0.0467. The summed E-state index contributed by atoms with van der Waals surface area (Å²) in [6, 6.07) is 5.04. The average molecular weight is 271 g/mol. The number of piperazine rings is 1. The Bertz CT molecular complexity index is 420. The van der Waals surface area contributed by atoms with Crippen LogP contribution < -0.4 is 15.4 Å². The second-order valence-corrected chi connectivity index (χ2v) is 4.52. The molecule has 4 nitrogen and oxygen atoms in total. The lowest BCUT2D eigenvalue weighted by Gasteiger charge is -2.35. The number of hydrogen-bond donors (Lipinski definition) is 1. The van der Waals surface area contributed by atoms with E-state index >= 15 is 0 Å². The fraction of sp³-hybridized carbons (Fsp3) is 0.538. The summed E-state index contributed by atoms with van der Waals surface area (Å²) in [5.41, 5.74) is 6.73. The average Bonchev–Trinajstić information content (AvgIpc) is 2.41. The maximum absolute atomic E-state index is 12.3. The van der Waals surface area contributed by atoms with Gasteiger partial charge in [-0.1, -0.05) is 6.92 Å². The summed E-state index contributed by atoms with van der Waals surface area (Å²) in [5.74, 6) is 0.0467. The molecule has 0 amide bonds. The summed E-state index contributed by atoms with van der Waals surface area (Å²) < 4.78 is 29.0. The second kappa shape index (κ2) is 6.06. The van der Waals surface area contributed by atoms with Crippen LogP contribution in [0, 0.1) is 0 Å². The van der Waals surface area contributed by atoms with Crippen LogP contribution in [0.4, 0.5) is 20.2 Å². The topological polar surface area (TPSA) is 41.7 Å². The first-order valence-electron chi connectivity index (χ1n) is 6.41. The van der Waals surface area contributed by atoms with Crippen molar-refractivity contribution in [3.05, 3.63) is 18.2 Å². The van der Waals surface area contributed by atoms with Crippen molar-refractivity contribution in [2.75, 3.05) is 43.4 Å². The normalized spacial score (nSPS) is 16.9. The van der Waals surface area contributed by atoms with E-state index in [9.17, 15) is 8.78 Å². The predicted molar refractivity (Wildman–Crippen MR) is 71.8 cm³/mol. The lowest BCUT2D eigenvalue weighted by Crippen LogP contribution is -2.46. The fourth-order valence-corrected chi connectivity index (χ4v) is 2.24. The molecule has 1 fully saturated rings. The van der Waals surface area contributed by atoms with Crippen LogP contribution in [0.25, 0.3) is 0 Å². The maximum atomic E-state index is 12.3. The molecule has 0 spiro atoms. The third-order valence-corrected chi connectivity index (χ3v) is 3.40. The molecule has 19 heavy (non-hydrogen) atoms. The zero-order valence-corrected chi connectivity index (χ0v) is 11.0. The summed E-state index contributed by atoms with van der Waals surface area (Å²) in [4.78, 5) is 4.51. The van der Waals surface area contributed by atoms with Gasteiger partial charge in [0, 0.05) is 37.9 Å². The lowest BCUT2D eigenvalue weighted by molar-refractivity contribution is -0.0493. The van der Waals surface area contributed by atoms with E-state index in [1.807, 2.05) is 6.07 Å². The van der Waals surface area contributed by atoms with Gasteiger partial charge in [-0.15, -0.1) is 0 Å². The molecule has 1 aromatic rings. The molecule has 0 bridgehead atoms. The van der Waals surface area contributed by atoms with Gasteiger partial charge >= 0.3 is 6.61 Å². The van der Waals surface area contributed by atoms with Crippen LogP contribution in [0.5, 0.6) is 5.75 Å². The van der Waals surface area contributed by atoms with Crippen molar-refractivity contribution in [3.63, 3.8) is 0 Å². The summed E-state index contributed by atoms with van der Waals surface area (Å²) in [7, 11) is 0. The molecule has 106 valence electrons. The minimum Gasteiger partial charge on any atom is -0.433 e. The number of alkyl halides is 2. The standard InChI is InChI=1S/C13H19F2N3O/c1-2-17-5-7-18(8-6-17)10-3-4-11(16)12(9-10)19-13(14)15/h3-4,9,13H,2,5-8,16H2,1H3. The number of nitrogen functional groups attached to an aromatic ring is 1. The molecule has 2 N–H and O–H groups in total. The SMILES string of the molecule is CCN1CCN(c2ccc(N)c(OC(F)F)c2)CC1. The first-order valence-corrected chi connectivity index (χ1v) is 6.41. The van der Waals surface area contributed by atoms with Crippen molar-refractivity contribution >= 4 is 11.4 Å². The van der Waals surface area contributed by atoms with E-state index in [-0.39, 0.29) is 11.4 Å². The van der Waals surface area contributed by atoms with Gasteiger partial charge in [0.15, 0.2) is 5.75 Å². The zero-order valence-electron chi connectivity index (χ0n) is 11.0. The van der Waals surface area contributed by atoms with E-state index in [1.165, 1.54) is 0 Å². The Morgan fingerprint density at radius 2 is 1.95 bits per heavy atom. The van der Waals surface area contributed by atoms with E-state index < -0.39 is 6.61 Å². The van der Waals surface area contributed by atoms with E-state index in [0.29, 0.717) is 0 Å². The summed E-state index contributed by atoms with van der Waals surface area (Å²) in [5, 5.41) is 0. The maximum Gasteiger partial charge on any atom is 0.387 e. The number of anilines is 2. The number of ether oxygens (including phenoxy) is 1. The van der Waals surface area contributed by atoms with Crippen LogP contribution in [-0.4, -0.2) is 44.2 Å². The van der Waals surface area contributed by atoms with Crippen molar-refractivity contribution < 1.29 is 13.5 Å². The summed E-state index contributed by atoms with van der Waals surface area (Å²) in [6.07, 6.45) is 0. The highest BCUT2D eigenvalue weighted by Gasteiger charge is 2.17. The number of rotatable bonds is 4. The van der Waals surface area contributed by atoms with Crippen LogP contribution >= 0.6 is 0 Å². The Morgan fingerprint density at radius 1 is 1.26 bits per heavy atom. The van der Waals surface area contributed by atoms with Gasteiger partial charge < -0.3 is 20.3 Å². The number of benzene rings is 1. The summed E-state index contributed by atoms with van der Waals surface area (Å²) in [6.45, 7) is 4.03. The van der Waals surface area contributed by atoms with Gasteiger partial charge in [0.05, 0.1) is 5.69 Å². The highest BCUT2D eigenvalue weighted by atomic mass is 19.3. The molecule has 1 aliphatic heterocycles. The molecule has 1 aliphatic rings. The molecule has 1 saturated heterocycles. The third-order valence-electron chi connectivity index (χ3n) is 3.40. The van der Waals surface area contributed by atoms with Crippen molar-refractivity contribution in [1.82, 2.24) is 4.90 Å². The van der Waals surface area contributed by atoms with Crippen molar-refractivity contribution in [2.24, 2.45) is 0 Å². The van der Waals surface area contributed by atoms with Crippen LogP contribution in [0.15, 0.2) is 18.2 Å². The molecule has 0 unspecified atom stereocenters. The number of hydrogen-bond acceptors (Lipinski definition) is 4. The molecule has 1 aromatic carbocycles. The van der Waals surface area contributed by atoms with Crippen molar-refractivity contribution in [3.8, 4) is 5.75 Å². The minimum atomic E-state index is -2.85. The fourth-order valence-electron chi connectivity index (χ4n) is 2.24. The number of likely N-dealkylation sites (N-methyl/N-ethyl adjacent to an activating group) is 1. The quantitative estimate of drug-likeness (QED) is 0.851. The third kappa shape index (κ3) is 3.47. The number of halogens is 2. The molecule has 0 saturated carbocycles. The van der Waals surface area contributed by atoms with Gasteiger partial charge in [-0.2, -0.15) is 8.78 Å². The van der Waals surface area contributed by atoms with Gasteiger partial charge in [-0.25, -0.2) is 0 Å².